The molecule has 16 heavy (non-hydrogen) atoms. The van der Waals surface area contributed by atoms with Gasteiger partial charge in [-0.2, -0.15) is 0 Å². The van der Waals surface area contributed by atoms with Crippen molar-refractivity contribution in [2.24, 2.45) is 0 Å². The van der Waals surface area contributed by atoms with Gasteiger partial charge in [0.2, 0.25) is 0 Å². The second-order valence-corrected chi connectivity index (χ2v) is 3.82. The smallest absolute Gasteiger partial charge is 0.194 e. The van der Waals surface area contributed by atoms with Crippen molar-refractivity contribution in [1.29, 1.82) is 0 Å². The molecule has 0 radical (unpaired) electrons. The van der Waals surface area contributed by atoms with Crippen LogP contribution in [0.3, 0.4) is 0 Å². The molecule has 0 aliphatic heterocycles. The van der Waals surface area contributed by atoms with E-state index >= 15 is 0 Å². The monoisotopic (exact) mass is 226 g/mol. The van der Waals surface area contributed by atoms with Crippen LogP contribution in [0.25, 0.3) is 0 Å². The number of hydrogen-bond acceptors (Lipinski definition) is 4. The van der Waals surface area contributed by atoms with E-state index in [1.165, 1.54) is 0 Å². The van der Waals surface area contributed by atoms with E-state index in [2.05, 4.69) is 17.2 Å². The Morgan fingerprint density at radius 2 is 2.25 bits per heavy atom. The molecular formula is C12H22N2O2. The molecule has 0 bridgehead atoms. The minimum atomic E-state index is 0.764. The summed E-state index contributed by atoms with van der Waals surface area (Å²) < 4.78 is 10.5. The van der Waals surface area contributed by atoms with Crippen molar-refractivity contribution >= 4 is 0 Å². The molecule has 4 heteroatoms. The third kappa shape index (κ3) is 5.28. The van der Waals surface area contributed by atoms with E-state index in [1.54, 1.807) is 7.11 Å². The largest absolute Gasteiger partial charge is 0.446 e. The maximum absolute atomic E-state index is 5.59. The van der Waals surface area contributed by atoms with Gasteiger partial charge in [-0.1, -0.05) is 6.92 Å². The van der Waals surface area contributed by atoms with Gasteiger partial charge in [0.15, 0.2) is 5.89 Å². The van der Waals surface area contributed by atoms with E-state index in [1.807, 2.05) is 6.20 Å². The Kier molecular flexibility index (Phi) is 6.85. The van der Waals surface area contributed by atoms with Crippen LogP contribution in [-0.2, 0) is 17.6 Å². The Bertz CT molecular complexity index is 274. The molecule has 4 nitrogen and oxygen atoms in total. The van der Waals surface area contributed by atoms with E-state index < -0.39 is 0 Å². The van der Waals surface area contributed by atoms with Gasteiger partial charge in [0.05, 0.1) is 12.8 Å². The average molecular weight is 226 g/mol. The van der Waals surface area contributed by atoms with Gasteiger partial charge in [-0.05, 0) is 19.4 Å². The zero-order valence-electron chi connectivity index (χ0n) is 10.3. The number of hydrogen-bond donors (Lipinski definition) is 1. The molecule has 0 saturated carbocycles. The number of rotatable bonds is 9. The van der Waals surface area contributed by atoms with E-state index in [0.717, 1.165) is 57.0 Å². The number of ether oxygens (including phenoxy) is 1. The van der Waals surface area contributed by atoms with Crippen molar-refractivity contribution in [3.8, 4) is 0 Å². The molecule has 0 saturated heterocycles. The number of aromatic nitrogens is 1. The van der Waals surface area contributed by atoms with Crippen molar-refractivity contribution in [3.63, 3.8) is 0 Å². The van der Waals surface area contributed by atoms with Gasteiger partial charge in [0.1, 0.15) is 5.76 Å². The zero-order chi connectivity index (χ0) is 11.6. The highest BCUT2D eigenvalue weighted by atomic mass is 16.5. The number of methoxy groups -OCH3 is 1. The fourth-order valence-corrected chi connectivity index (χ4v) is 1.49. The summed E-state index contributed by atoms with van der Waals surface area (Å²) in [4.78, 5) is 4.25. The second-order valence-electron chi connectivity index (χ2n) is 3.82. The van der Waals surface area contributed by atoms with Crippen LogP contribution in [0.15, 0.2) is 10.6 Å². The van der Waals surface area contributed by atoms with Crippen molar-refractivity contribution in [2.45, 2.75) is 32.6 Å². The van der Waals surface area contributed by atoms with E-state index in [0.29, 0.717) is 0 Å². The number of aryl methyl sites for hydroxylation is 2. The van der Waals surface area contributed by atoms with Gasteiger partial charge in [-0.15, -0.1) is 0 Å². The van der Waals surface area contributed by atoms with Crippen LogP contribution in [0.4, 0.5) is 0 Å². The Hall–Kier alpha value is -0.870. The quantitative estimate of drug-likeness (QED) is 0.652. The van der Waals surface area contributed by atoms with Crippen molar-refractivity contribution in [2.75, 3.05) is 26.8 Å². The molecule has 1 N–H and O–H groups in total. The molecule has 0 amide bonds. The Labute approximate surface area is 97.4 Å². The molecule has 0 aliphatic rings. The predicted molar refractivity (Wildman–Crippen MR) is 63.6 cm³/mol. The molecule has 92 valence electrons. The Morgan fingerprint density at radius 3 is 3.00 bits per heavy atom. The van der Waals surface area contributed by atoms with Crippen molar-refractivity contribution < 1.29 is 9.15 Å². The first-order chi connectivity index (χ1) is 7.86. The average Bonchev–Trinajstić information content (AvgIpc) is 2.72. The van der Waals surface area contributed by atoms with Gasteiger partial charge in [0, 0.05) is 26.5 Å². The van der Waals surface area contributed by atoms with Gasteiger partial charge in [0.25, 0.3) is 0 Å². The molecule has 0 aromatic carbocycles. The molecule has 1 heterocycles. The maximum Gasteiger partial charge on any atom is 0.194 e. The highest BCUT2D eigenvalue weighted by Crippen LogP contribution is 2.07. The zero-order valence-corrected chi connectivity index (χ0v) is 10.3. The lowest BCUT2D eigenvalue weighted by Crippen LogP contribution is -2.20. The van der Waals surface area contributed by atoms with Gasteiger partial charge < -0.3 is 14.5 Å². The SMILES string of the molecule is CCCc1cnc(CCCNCCOC)o1. The Morgan fingerprint density at radius 1 is 1.38 bits per heavy atom. The van der Waals surface area contributed by atoms with E-state index in [4.69, 9.17) is 9.15 Å². The molecule has 0 fully saturated rings. The third-order valence-electron chi connectivity index (χ3n) is 2.32. The predicted octanol–water partition coefficient (Wildman–Crippen LogP) is 1.80. The summed E-state index contributed by atoms with van der Waals surface area (Å²) in [7, 11) is 1.71. The first-order valence-electron chi connectivity index (χ1n) is 6.00. The molecule has 1 aromatic rings. The lowest BCUT2D eigenvalue weighted by atomic mass is 10.3. The Balaban J connectivity index is 2.07. The fraction of sp³-hybridized carbons (Fsp3) is 0.750. The first kappa shape index (κ1) is 13.2. The van der Waals surface area contributed by atoms with Crippen LogP contribution in [0.2, 0.25) is 0 Å². The van der Waals surface area contributed by atoms with Crippen LogP contribution in [0.1, 0.15) is 31.4 Å². The molecule has 0 spiro atoms. The van der Waals surface area contributed by atoms with Crippen LogP contribution in [0.5, 0.6) is 0 Å². The highest BCUT2D eigenvalue weighted by molar-refractivity contribution is 4.94. The summed E-state index contributed by atoms with van der Waals surface area (Å²) in [6.45, 7) is 4.79. The second kappa shape index (κ2) is 8.30. The number of nitrogens with one attached hydrogen (secondary N) is 1. The summed E-state index contributed by atoms with van der Waals surface area (Å²) in [5.74, 6) is 1.86. The molecule has 1 rings (SSSR count). The first-order valence-corrected chi connectivity index (χ1v) is 6.00. The molecular weight excluding hydrogens is 204 g/mol. The minimum Gasteiger partial charge on any atom is -0.446 e. The summed E-state index contributed by atoms with van der Waals surface area (Å²) in [5, 5.41) is 3.29. The summed E-state index contributed by atoms with van der Waals surface area (Å²) >= 11 is 0. The van der Waals surface area contributed by atoms with Crippen LogP contribution >= 0.6 is 0 Å². The minimum absolute atomic E-state index is 0.764. The lowest BCUT2D eigenvalue weighted by molar-refractivity contribution is 0.199. The normalized spacial score (nSPS) is 10.9. The maximum atomic E-state index is 5.59. The molecule has 1 aromatic heterocycles. The topological polar surface area (TPSA) is 47.3 Å². The highest BCUT2D eigenvalue weighted by Gasteiger charge is 2.02. The van der Waals surface area contributed by atoms with Gasteiger partial charge in [-0.25, -0.2) is 4.98 Å². The standard InChI is InChI=1S/C12H22N2O2/c1-3-5-11-10-14-12(16-11)6-4-7-13-8-9-15-2/h10,13H,3-9H2,1-2H3. The van der Waals surface area contributed by atoms with Crippen LogP contribution in [-0.4, -0.2) is 31.8 Å². The number of nitrogens with zero attached hydrogens (tertiary/aromatic N) is 1. The fourth-order valence-electron chi connectivity index (χ4n) is 1.49. The van der Waals surface area contributed by atoms with Gasteiger partial charge in [-0.3, -0.25) is 0 Å². The molecule has 0 unspecified atom stereocenters. The van der Waals surface area contributed by atoms with Crippen molar-refractivity contribution in [1.82, 2.24) is 10.3 Å². The summed E-state index contributed by atoms with van der Waals surface area (Å²) in [6, 6.07) is 0. The van der Waals surface area contributed by atoms with E-state index in [9.17, 15) is 0 Å². The molecule has 0 atom stereocenters. The van der Waals surface area contributed by atoms with Crippen LogP contribution < -0.4 is 5.32 Å². The molecule has 0 aliphatic carbocycles. The summed E-state index contributed by atoms with van der Waals surface area (Å²) in [5.41, 5.74) is 0. The van der Waals surface area contributed by atoms with E-state index in [-0.39, 0.29) is 0 Å². The van der Waals surface area contributed by atoms with Crippen LogP contribution in [0, 0.1) is 0 Å². The summed E-state index contributed by atoms with van der Waals surface area (Å²) in [6.07, 6.45) is 5.89. The third-order valence-corrected chi connectivity index (χ3v) is 2.32. The van der Waals surface area contributed by atoms with Gasteiger partial charge >= 0.3 is 0 Å². The van der Waals surface area contributed by atoms with Crippen molar-refractivity contribution in [3.05, 3.63) is 17.8 Å². The number of oxazole rings is 1. The lowest BCUT2D eigenvalue weighted by Gasteiger charge is -2.01.